The van der Waals surface area contributed by atoms with Crippen LogP contribution in [0.1, 0.15) is 16.2 Å². The van der Waals surface area contributed by atoms with Gasteiger partial charge in [-0.05, 0) is 12.1 Å². The minimum Gasteiger partial charge on any atom is -0.491 e. The molecule has 0 aliphatic rings. The first-order valence-corrected chi connectivity index (χ1v) is 7.86. The van der Waals surface area contributed by atoms with Crippen LogP contribution in [-0.4, -0.2) is 35.1 Å². The molecule has 0 aromatic carbocycles. The van der Waals surface area contributed by atoms with Gasteiger partial charge in [-0.15, -0.1) is 0 Å². The number of hydrogen-bond acceptors (Lipinski definition) is 7. The number of nitrogens with one attached hydrogen (secondary N) is 1. The van der Waals surface area contributed by atoms with Crippen molar-refractivity contribution in [2.24, 2.45) is 0 Å². The Hall–Kier alpha value is -3.26. The first-order valence-electron chi connectivity index (χ1n) is 7.49. The molecule has 0 atom stereocenters. The maximum Gasteiger partial charge on any atom is 0.341 e. The van der Waals surface area contributed by atoms with Gasteiger partial charge in [0.25, 0.3) is 0 Å². The third kappa shape index (κ3) is 4.89. The number of anilines is 2. The van der Waals surface area contributed by atoms with Gasteiger partial charge in [0, 0.05) is 17.4 Å². The highest BCUT2D eigenvalue weighted by atomic mass is 35.5. The van der Waals surface area contributed by atoms with Gasteiger partial charge in [-0.25, -0.2) is 19.2 Å². The van der Waals surface area contributed by atoms with Gasteiger partial charge in [-0.1, -0.05) is 24.8 Å². The summed E-state index contributed by atoms with van der Waals surface area (Å²) in [5, 5.41) is 3.03. The molecular formula is C18H16ClFN4O3. The number of carbonyl (C=O) groups excluding carboxylic acids is 1. The van der Waals surface area contributed by atoms with E-state index in [1.165, 1.54) is 38.9 Å². The Kier molecular flexibility index (Phi) is 6.62. The lowest BCUT2D eigenvalue weighted by Gasteiger charge is -2.13. The molecule has 0 bridgehead atoms. The van der Waals surface area contributed by atoms with Gasteiger partial charge in [-0.2, -0.15) is 0 Å². The van der Waals surface area contributed by atoms with E-state index in [1.54, 1.807) is 6.07 Å². The van der Waals surface area contributed by atoms with Crippen molar-refractivity contribution in [2.75, 3.05) is 19.5 Å². The molecule has 9 heteroatoms. The molecule has 0 spiro atoms. The number of halogens is 2. The number of aromatic nitrogens is 3. The lowest BCUT2D eigenvalue weighted by atomic mass is 10.2. The van der Waals surface area contributed by atoms with Crippen LogP contribution in [0.4, 0.5) is 15.9 Å². The molecule has 0 radical (unpaired) electrons. The molecule has 0 aliphatic carbocycles. The third-order valence-electron chi connectivity index (χ3n) is 3.29. The van der Waals surface area contributed by atoms with Crippen molar-refractivity contribution in [3.8, 4) is 5.75 Å². The van der Waals surface area contributed by atoms with Crippen LogP contribution in [0.15, 0.2) is 54.7 Å². The molecule has 27 heavy (non-hydrogen) atoms. The van der Waals surface area contributed by atoms with E-state index in [-0.39, 0.29) is 33.6 Å². The molecule has 2 rings (SSSR count). The number of allylic oxidation sites excluding steroid dienone is 4. The van der Waals surface area contributed by atoms with Crippen molar-refractivity contribution in [1.29, 1.82) is 0 Å². The largest absolute Gasteiger partial charge is 0.491 e. The Bertz CT molecular complexity index is 931. The minimum absolute atomic E-state index is 0.00118. The van der Waals surface area contributed by atoms with Crippen LogP contribution in [0.2, 0.25) is 0 Å². The van der Waals surface area contributed by atoms with Crippen molar-refractivity contribution < 1.29 is 18.7 Å². The molecule has 2 aromatic heterocycles. The SMILES string of the molecule is C=C(Cl)/C=C(\C(=C)F)c1ncc(OC)c(Nc2ccncc2C(=O)OC)n1. The van der Waals surface area contributed by atoms with Crippen LogP contribution in [0.5, 0.6) is 5.75 Å². The molecular weight excluding hydrogens is 375 g/mol. The number of nitrogens with zero attached hydrogens (tertiary/aromatic N) is 3. The van der Waals surface area contributed by atoms with Gasteiger partial charge < -0.3 is 14.8 Å². The zero-order chi connectivity index (χ0) is 20.0. The number of carbonyl (C=O) groups is 1. The van der Waals surface area contributed by atoms with E-state index in [4.69, 9.17) is 21.1 Å². The number of hydrogen-bond donors (Lipinski definition) is 1. The Labute approximate surface area is 160 Å². The quantitative estimate of drug-likeness (QED) is 0.564. The second kappa shape index (κ2) is 8.91. The molecule has 7 nitrogen and oxygen atoms in total. The number of ether oxygens (including phenoxy) is 2. The second-order valence-corrected chi connectivity index (χ2v) is 5.54. The highest BCUT2D eigenvalue weighted by Crippen LogP contribution is 2.30. The van der Waals surface area contributed by atoms with Crippen LogP contribution in [0.25, 0.3) is 5.57 Å². The van der Waals surface area contributed by atoms with E-state index in [2.05, 4.69) is 33.4 Å². The van der Waals surface area contributed by atoms with E-state index >= 15 is 0 Å². The van der Waals surface area contributed by atoms with Gasteiger partial charge in [0.15, 0.2) is 17.4 Å². The maximum atomic E-state index is 13.8. The summed E-state index contributed by atoms with van der Waals surface area (Å²) in [6.07, 6.45) is 5.42. The van der Waals surface area contributed by atoms with Crippen LogP contribution in [-0.2, 0) is 4.74 Å². The fourth-order valence-corrected chi connectivity index (χ4v) is 2.17. The number of rotatable bonds is 7. The maximum absolute atomic E-state index is 13.8. The first-order chi connectivity index (χ1) is 12.9. The predicted molar refractivity (Wildman–Crippen MR) is 101 cm³/mol. The highest BCUT2D eigenvalue weighted by Gasteiger charge is 2.17. The highest BCUT2D eigenvalue weighted by molar-refractivity contribution is 6.31. The molecule has 0 aliphatic heterocycles. The van der Waals surface area contributed by atoms with Gasteiger partial charge in [0.2, 0.25) is 0 Å². The summed E-state index contributed by atoms with van der Waals surface area (Å²) in [6, 6.07) is 1.55. The summed E-state index contributed by atoms with van der Waals surface area (Å²) in [5.41, 5.74) is 0.511. The molecule has 0 amide bonds. The fraction of sp³-hybridized carbons (Fsp3) is 0.111. The molecule has 2 aromatic rings. The van der Waals surface area contributed by atoms with Crippen LogP contribution in [0.3, 0.4) is 0 Å². The van der Waals surface area contributed by atoms with Crippen LogP contribution < -0.4 is 10.1 Å². The summed E-state index contributed by atoms with van der Waals surface area (Å²) >= 11 is 5.73. The van der Waals surface area contributed by atoms with Gasteiger partial charge >= 0.3 is 5.97 Å². The summed E-state index contributed by atoms with van der Waals surface area (Å²) in [7, 11) is 2.67. The Morgan fingerprint density at radius 1 is 1.33 bits per heavy atom. The molecule has 140 valence electrons. The summed E-state index contributed by atoms with van der Waals surface area (Å²) in [6.45, 7) is 6.75. The van der Waals surface area contributed by atoms with Crippen LogP contribution in [0, 0.1) is 0 Å². The van der Waals surface area contributed by atoms with Crippen molar-refractivity contribution in [3.05, 3.63) is 66.1 Å². The zero-order valence-electron chi connectivity index (χ0n) is 14.6. The topological polar surface area (TPSA) is 86.2 Å². The lowest BCUT2D eigenvalue weighted by molar-refractivity contribution is 0.0601. The monoisotopic (exact) mass is 390 g/mol. The van der Waals surface area contributed by atoms with E-state index in [1.807, 2.05) is 0 Å². The average molecular weight is 391 g/mol. The smallest absolute Gasteiger partial charge is 0.341 e. The van der Waals surface area contributed by atoms with E-state index < -0.39 is 11.8 Å². The first kappa shape index (κ1) is 20.1. The van der Waals surface area contributed by atoms with E-state index in [9.17, 15) is 9.18 Å². The predicted octanol–water partition coefficient (Wildman–Crippen LogP) is 4.03. The third-order valence-corrected chi connectivity index (χ3v) is 3.40. The van der Waals surface area contributed by atoms with Crippen molar-refractivity contribution in [1.82, 2.24) is 15.0 Å². The number of methoxy groups -OCH3 is 2. The summed E-state index contributed by atoms with van der Waals surface area (Å²) in [5.74, 6) is -0.922. The van der Waals surface area contributed by atoms with Crippen molar-refractivity contribution in [2.45, 2.75) is 0 Å². The second-order valence-electron chi connectivity index (χ2n) is 5.06. The van der Waals surface area contributed by atoms with Gasteiger partial charge in [-0.3, -0.25) is 4.98 Å². The summed E-state index contributed by atoms with van der Waals surface area (Å²) in [4.78, 5) is 24.1. The van der Waals surface area contributed by atoms with E-state index in [0.717, 1.165) is 0 Å². The Morgan fingerprint density at radius 3 is 2.67 bits per heavy atom. The number of pyridine rings is 1. The van der Waals surface area contributed by atoms with E-state index in [0.29, 0.717) is 5.69 Å². The molecule has 1 N–H and O–H groups in total. The molecule has 0 saturated heterocycles. The van der Waals surface area contributed by atoms with Crippen LogP contribution >= 0.6 is 11.6 Å². The molecule has 2 heterocycles. The molecule has 0 saturated carbocycles. The Balaban J connectivity index is 2.53. The molecule has 0 fully saturated rings. The summed E-state index contributed by atoms with van der Waals surface area (Å²) < 4.78 is 23.8. The van der Waals surface area contributed by atoms with Crippen molar-refractivity contribution in [3.63, 3.8) is 0 Å². The van der Waals surface area contributed by atoms with Crippen molar-refractivity contribution >= 4 is 34.6 Å². The standard InChI is InChI=1S/C18H16ClFN4O3/c1-10(19)7-12(11(2)20)16-22-9-15(26-3)17(24-16)23-14-5-6-21-8-13(14)18(25)27-4/h5-9H,1-2H2,3-4H3,(H,21,22,23,24)/b12-7+. The zero-order valence-corrected chi connectivity index (χ0v) is 15.4. The normalized spacial score (nSPS) is 10.9. The molecule has 0 unspecified atom stereocenters. The minimum atomic E-state index is -0.785. The lowest BCUT2D eigenvalue weighted by Crippen LogP contribution is -2.08. The van der Waals surface area contributed by atoms with Gasteiger partial charge in [0.1, 0.15) is 11.4 Å². The average Bonchev–Trinajstić information content (AvgIpc) is 2.65. The fourth-order valence-electron chi connectivity index (χ4n) is 2.06. The van der Waals surface area contributed by atoms with Gasteiger partial charge in [0.05, 0.1) is 31.7 Å². The Morgan fingerprint density at radius 2 is 2.07 bits per heavy atom. The number of esters is 1.